The summed E-state index contributed by atoms with van der Waals surface area (Å²) < 4.78 is 77.8. The molecule has 40 heavy (non-hydrogen) atoms. The first-order valence-corrected chi connectivity index (χ1v) is 14.2. The number of H-pyrrole nitrogens is 1. The molecule has 0 aliphatic heterocycles. The average molecular weight is 596 g/mol. The Morgan fingerprint density at radius 3 is 2.40 bits per heavy atom. The van der Waals surface area contributed by atoms with Gasteiger partial charge in [-0.1, -0.05) is 17.7 Å². The average Bonchev–Trinajstić information content (AvgIpc) is 3.30. The Hall–Kier alpha value is -3.70. The molecule has 0 spiro atoms. The van der Waals surface area contributed by atoms with Crippen molar-refractivity contribution in [2.75, 3.05) is 20.5 Å². The van der Waals surface area contributed by atoms with Gasteiger partial charge in [-0.25, -0.2) is 8.42 Å². The highest BCUT2D eigenvalue weighted by atomic mass is 35.5. The number of carbonyl (C=O) groups excluding carboxylic acids is 1. The Bertz CT molecular complexity index is 1670. The van der Waals surface area contributed by atoms with Crippen molar-refractivity contribution in [3.63, 3.8) is 0 Å². The molecular formula is C28H25ClF3NO6S. The number of carbonyl (C=O) groups is 1. The van der Waals surface area contributed by atoms with Gasteiger partial charge in [0.2, 0.25) is 0 Å². The summed E-state index contributed by atoms with van der Waals surface area (Å²) in [6, 6.07) is 13.2. The van der Waals surface area contributed by atoms with E-state index in [0.717, 1.165) is 18.4 Å². The van der Waals surface area contributed by atoms with Crippen LogP contribution in [0.25, 0.3) is 10.9 Å². The number of halogens is 4. The maximum Gasteiger partial charge on any atom is 0.573 e. The van der Waals surface area contributed by atoms with Crippen molar-refractivity contribution >= 4 is 38.1 Å². The van der Waals surface area contributed by atoms with E-state index in [1.165, 1.54) is 38.6 Å². The minimum absolute atomic E-state index is 0.0719. The van der Waals surface area contributed by atoms with Crippen LogP contribution in [0.4, 0.5) is 13.2 Å². The van der Waals surface area contributed by atoms with Gasteiger partial charge >= 0.3 is 6.36 Å². The van der Waals surface area contributed by atoms with Gasteiger partial charge in [0, 0.05) is 39.5 Å². The number of ketones is 1. The maximum atomic E-state index is 14.0. The number of aromatic amines is 1. The van der Waals surface area contributed by atoms with Crippen LogP contribution in [0.3, 0.4) is 0 Å². The van der Waals surface area contributed by atoms with Crippen LogP contribution in [0.1, 0.15) is 33.8 Å². The van der Waals surface area contributed by atoms with Crippen molar-refractivity contribution in [1.82, 2.24) is 4.98 Å². The van der Waals surface area contributed by atoms with E-state index in [9.17, 15) is 26.4 Å². The van der Waals surface area contributed by atoms with Gasteiger partial charge < -0.3 is 19.2 Å². The standard InChI is InChI=1S/C28H25ClF3NO6S/c1-37-19-10-16(11-20(13-19)40(3,35)36)4-7-22(21-8-5-17(29)12-26(21)38-2)27(34)24-15-33-25-9-6-18(14-23(24)25)39-28(30,31)32/h5-6,8-15,22,33H,4,7H2,1-3H3/t22-/m0/s1. The zero-order valence-electron chi connectivity index (χ0n) is 21.6. The Labute approximate surface area is 233 Å². The predicted octanol–water partition coefficient (Wildman–Crippen LogP) is 6.74. The fourth-order valence-electron chi connectivity index (χ4n) is 4.51. The van der Waals surface area contributed by atoms with Gasteiger partial charge in [0.1, 0.15) is 17.2 Å². The third-order valence-electron chi connectivity index (χ3n) is 6.37. The van der Waals surface area contributed by atoms with Crippen molar-refractivity contribution < 1.29 is 40.6 Å². The Balaban J connectivity index is 1.77. The van der Waals surface area contributed by atoms with Gasteiger partial charge in [-0.15, -0.1) is 13.2 Å². The summed E-state index contributed by atoms with van der Waals surface area (Å²) in [6.45, 7) is 0. The molecule has 0 fully saturated rings. The zero-order chi connectivity index (χ0) is 29.2. The molecule has 1 heterocycles. The normalized spacial score (nSPS) is 12.8. The number of fused-ring (bicyclic) bond motifs is 1. The number of Topliss-reactive ketones (excluding diaryl/α,β-unsaturated/α-hetero) is 1. The zero-order valence-corrected chi connectivity index (χ0v) is 23.2. The molecule has 0 radical (unpaired) electrons. The van der Waals surface area contributed by atoms with E-state index in [1.807, 2.05) is 0 Å². The Morgan fingerprint density at radius 2 is 1.75 bits per heavy atom. The van der Waals surface area contributed by atoms with Crippen LogP contribution in [0, 0.1) is 0 Å². The van der Waals surface area contributed by atoms with Crippen LogP contribution in [0.5, 0.6) is 17.2 Å². The fraction of sp³-hybridized carbons (Fsp3) is 0.250. The van der Waals surface area contributed by atoms with E-state index in [1.54, 1.807) is 24.3 Å². The number of methoxy groups -OCH3 is 2. The number of alkyl halides is 3. The number of hydrogen-bond donors (Lipinski definition) is 1. The van der Waals surface area contributed by atoms with Crippen LogP contribution in [0.2, 0.25) is 5.02 Å². The highest BCUT2D eigenvalue weighted by Gasteiger charge is 2.32. The second kappa shape index (κ2) is 11.4. The van der Waals surface area contributed by atoms with E-state index in [4.69, 9.17) is 21.1 Å². The summed E-state index contributed by atoms with van der Waals surface area (Å²) >= 11 is 6.15. The summed E-state index contributed by atoms with van der Waals surface area (Å²) in [5.41, 5.74) is 1.74. The van der Waals surface area contributed by atoms with Crippen LogP contribution < -0.4 is 14.2 Å². The molecule has 0 bridgehead atoms. The number of sulfone groups is 1. The lowest BCUT2D eigenvalue weighted by Gasteiger charge is -2.20. The lowest BCUT2D eigenvalue weighted by Crippen LogP contribution is -2.17. The number of ether oxygens (including phenoxy) is 3. The number of aromatic nitrogens is 1. The van der Waals surface area contributed by atoms with Crippen LogP contribution in [-0.2, 0) is 16.3 Å². The predicted molar refractivity (Wildman–Crippen MR) is 144 cm³/mol. The van der Waals surface area contributed by atoms with Crippen molar-refractivity contribution in [3.8, 4) is 17.2 Å². The summed E-state index contributed by atoms with van der Waals surface area (Å²) in [7, 11) is -0.680. The summed E-state index contributed by atoms with van der Waals surface area (Å²) in [5, 5.41) is 0.642. The van der Waals surface area contributed by atoms with E-state index < -0.39 is 27.9 Å². The van der Waals surface area contributed by atoms with Gasteiger partial charge in [-0.05, 0) is 66.9 Å². The fourth-order valence-corrected chi connectivity index (χ4v) is 5.36. The smallest absolute Gasteiger partial charge is 0.497 e. The Kier molecular flexibility index (Phi) is 8.36. The molecule has 0 aliphatic carbocycles. The minimum Gasteiger partial charge on any atom is -0.497 e. The van der Waals surface area contributed by atoms with Crippen LogP contribution >= 0.6 is 11.6 Å². The number of benzene rings is 3. The summed E-state index contributed by atoms with van der Waals surface area (Å²) in [4.78, 5) is 17.0. The largest absolute Gasteiger partial charge is 0.573 e. The van der Waals surface area contributed by atoms with Gasteiger partial charge in [0.15, 0.2) is 15.6 Å². The molecule has 0 amide bonds. The van der Waals surface area contributed by atoms with Crippen molar-refractivity contribution in [2.24, 2.45) is 0 Å². The number of hydrogen-bond acceptors (Lipinski definition) is 6. The first kappa shape index (κ1) is 29.3. The molecule has 12 heteroatoms. The summed E-state index contributed by atoms with van der Waals surface area (Å²) in [6.07, 6.45) is -1.89. The molecule has 0 aliphatic rings. The van der Waals surface area contributed by atoms with E-state index >= 15 is 0 Å². The first-order chi connectivity index (χ1) is 18.8. The molecule has 3 aromatic carbocycles. The SMILES string of the molecule is COc1cc(CC[C@H](C(=O)c2c[nH]c3ccc(OC(F)(F)F)cc23)c2ccc(Cl)cc2OC)cc(S(C)(=O)=O)c1. The molecule has 212 valence electrons. The molecule has 0 unspecified atom stereocenters. The van der Waals surface area contributed by atoms with E-state index in [2.05, 4.69) is 9.72 Å². The van der Waals surface area contributed by atoms with E-state index in [-0.39, 0.29) is 34.5 Å². The molecule has 4 aromatic rings. The number of nitrogens with one attached hydrogen (secondary N) is 1. The quantitative estimate of drug-likeness (QED) is 0.204. The molecule has 4 rings (SSSR count). The van der Waals surface area contributed by atoms with Crippen LogP contribution in [0.15, 0.2) is 65.7 Å². The molecular weight excluding hydrogens is 571 g/mol. The Morgan fingerprint density at radius 1 is 1.00 bits per heavy atom. The number of rotatable bonds is 10. The monoisotopic (exact) mass is 595 g/mol. The van der Waals surface area contributed by atoms with Crippen molar-refractivity contribution in [1.29, 1.82) is 0 Å². The molecule has 0 saturated heterocycles. The van der Waals surface area contributed by atoms with Crippen LogP contribution in [-0.4, -0.2) is 46.0 Å². The van der Waals surface area contributed by atoms with Gasteiger partial charge in [0.25, 0.3) is 0 Å². The van der Waals surface area contributed by atoms with Crippen molar-refractivity contribution in [2.45, 2.75) is 30.0 Å². The van der Waals surface area contributed by atoms with Gasteiger partial charge in [-0.2, -0.15) is 0 Å². The molecule has 1 atom stereocenters. The van der Waals surface area contributed by atoms with Gasteiger partial charge in [0.05, 0.1) is 25.0 Å². The van der Waals surface area contributed by atoms with Gasteiger partial charge in [-0.3, -0.25) is 4.79 Å². The highest BCUT2D eigenvalue weighted by Crippen LogP contribution is 2.37. The number of aryl methyl sites for hydroxylation is 1. The van der Waals surface area contributed by atoms with Crippen molar-refractivity contribution in [3.05, 3.63) is 82.5 Å². The topological polar surface area (TPSA) is 94.7 Å². The molecule has 1 N–H and O–H groups in total. The second-order valence-corrected chi connectivity index (χ2v) is 11.5. The molecule has 7 nitrogen and oxygen atoms in total. The third-order valence-corrected chi connectivity index (χ3v) is 7.69. The first-order valence-electron chi connectivity index (χ1n) is 11.9. The molecule has 0 saturated carbocycles. The third kappa shape index (κ3) is 6.71. The highest BCUT2D eigenvalue weighted by molar-refractivity contribution is 7.90. The van der Waals surface area contributed by atoms with E-state index in [0.29, 0.717) is 33.2 Å². The lowest BCUT2D eigenvalue weighted by molar-refractivity contribution is -0.274. The lowest BCUT2D eigenvalue weighted by atomic mass is 9.85. The summed E-state index contributed by atoms with van der Waals surface area (Å²) in [5.74, 6) is -0.972. The molecule has 1 aromatic heterocycles. The minimum atomic E-state index is -4.89. The second-order valence-electron chi connectivity index (χ2n) is 9.09. The maximum absolute atomic E-state index is 14.0.